The van der Waals surface area contributed by atoms with E-state index in [4.69, 9.17) is 19.5 Å². The molecule has 5 heterocycles. The normalized spacial score (nSPS) is 17.4. The smallest absolute Gasteiger partial charge is 0.257 e. The second-order valence-corrected chi connectivity index (χ2v) is 12.7. The van der Waals surface area contributed by atoms with Crippen LogP contribution >= 0.6 is 0 Å². The Morgan fingerprint density at radius 3 is 2.79 bits per heavy atom. The minimum Gasteiger partial charge on any atom is -0.479 e. The monoisotopic (exact) mass is 593 g/mol. The van der Waals surface area contributed by atoms with Gasteiger partial charge in [-0.05, 0) is 38.5 Å². The second-order valence-electron chi connectivity index (χ2n) is 10.7. The first-order valence-electron chi connectivity index (χ1n) is 13.2. The number of nitriles is 1. The molecule has 1 amide bonds. The van der Waals surface area contributed by atoms with Crippen molar-refractivity contribution in [3.8, 4) is 29.0 Å². The second kappa shape index (κ2) is 11.4. The molecule has 220 valence electrons. The minimum atomic E-state index is -3.67. The molecule has 1 fully saturated rings. The largest absolute Gasteiger partial charge is 0.479 e. The number of amides is 1. The number of nitrogens with one attached hydrogen (secondary N) is 2. The lowest BCUT2D eigenvalue weighted by atomic mass is 10.1. The van der Waals surface area contributed by atoms with E-state index < -0.39 is 15.4 Å². The van der Waals surface area contributed by atoms with Gasteiger partial charge in [-0.2, -0.15) is 5.26 Å². The zero-order valence-corrected chi connectivity index (χ0v) is 24.5. The number of anilines is 4. The maximum absolute atomic E-state index is 12.6. The summed E-state index contributed by atoms with van der Waals surface area (Å²) in [6.45, 7) is 6.65. The van der Waals surface area contributed by atoms with Crippen molar-refractivity contribution < 1.29 is 27.4 Å². The molecule has 3 aromatic heterocycles. The summed E-state index contributed by atoms with van der Waals surface area (Å²) in [6.07, 6.45) is 3.20. The molecule has 0 aliphatic carbocycles. The third-order valence-electron chi connectivity index (χ3n) is 6.58. The maximum atomic E-state index is 12.6. The SMILES string of the molecule is CC(=O)Nc1cc(Nc2cc(N3CCC(OCC#N)C3)cc(S(C)(=O)=O)n2)c(-c2ccc3c(n2)OCC(C)(C)O3)cn1. The number of aromatic nitrogens is 3. The predicted molar refractivity (Wildman–Crippen MR) is 155 cm³/mol. The zero-order valence-electron chi connectivity index (χ0n) is 23.7. The van der Waals surface area contributed by atoms with Gasteiger partial charge in [-0.15, -0.1) is 0 Å². The van der Waals surface area contributed by atoms with Crippen molar-refractivity contribution in [1.29, 1.82) is 5.26 Å². The molecule has 2 N–H and O–H groups in total. The van der Waals surface area contributed by atoms with Crippen LogP contribution in [0.3, 0.4) is 0 Å². The van der Waals surface area contributed by atoms with Crippen LogP contribution in [0.25, 0.3) is 11.3 Å². The summed E-state index contributed by atoms with van der Waals surface area (Å²) in [5.74, 6) is 1.09. The summed E-state index contributed by atoms with van der Waals surface area (Å²) in [5, 5.41) is 14.6. The van der Waals surface area contributed by atoms with E-state index >= 15 is 0 Å². The Hall–Kier alpha value is -4.48. The van der Waals surface area contributed by atoms with Crippen LogP contribution in [0.15, 0.2) is 41.6 Å². The fourth-order valence-electron chi connectivity index (χ4n) is 4.66. The van der Waals surface area contributed by atoms with Gasteiger partial charge in [-0.3, -0.25) is 4.79 Å². The minimum absolute atomic E-state index is 0.0106. The summed E-state index contributed by atoms with van der Waals surface area (Å²) >= 11 is 0. The molecule has 14 heteroatoms. The van der Waals surface area contributed by atoms with E-state index in [9.17, 15) is 13.2 Å². The van der Waals surface area contributed by atoms with Gasteiger partial charge in [0.2, 0.25) is 5.91 Å². The quantitative estimate of drug-likeness (QED) is 0.391. The number of hydrogen-bond acceptors (Lipinski definition) is 12. The molecule has 1 atom stereocenters. The van der Waals surface area contributed by atoms with E-state index in [2.05, 4.69) is 25.6 Å². The molecule has 5 rings (SSSR count). The topological polar surface area (TPSA) is 169 Å². The molecule has 0 bridgehead atoms. The Kier molecular flexibility index (Phi) is 7.89. The lowest BCUT2D eigenvalue weighted by Gasteiger charge is -2.31. The van der Waals surface area contributed by atoms with Crippen molar-refractivity contribution in [2.45, 2.75) is 43.9 Å². The molecule has 13 nitrogen and oxygen atoms in total. The predicted octanol–water partition coefficient (Wildman–Crippen LogP) is 3.31. The lowest BCUT2D eigenvalue weighted by Crippen LogP contribution is -2.39. The number of hydrogen-bond donors (Lipinski definition) is 2. The van der Waals surface area contributed by atoms with Gasteiger partial charge in [0.15, 0.2) is 20.6 Å². The number of nitrogens with zero attached hydrogens (tertiary/aromatic N) is 5. The van der Waals surface area contributed by atoms with Crippen molar-refractivity contribution in [2.75, 3.05) is 48.1 Å². The van der Waals surface area contributed by atoms with Crippen LogP contribution in [-0.4, -0.2) is 73.5 Å². The van der Waals surface area contributed by atoms with Crippen molar-refractivity contribution in [2.24, 2.45) is 0 Å². The number of pyridine rings is 3. The Balaban J connectivity index is 1.53. The summed E-state index contributed by atoms with van der Waals surface area (Å²) in [4.78, 5) is 27.1. The molecule has 0 radical (unpaired) electrons. The third-order valence-corrected chi connectivity index (χ3v) is 7.54. The van der Waals surface area contributed by atoms with Crippen LogP contribution in [0.1, 0.15) is 27.2 Å². The average Bonchev–Trinajstić information content (AvgIpc) is 3.40. The average molecular weight is 594 g/mol. The van der Waals surface area contributed by atoms with Gasteiger partial charge in [-0.1, -0.05) is 0 Å². The first kappa shape index (κ1) is 29.0. The number of sulfone groups is 1. The van der Waals surface area contributed by atoms with E-state index in [1.807, 2.05) is 24.8 Å². The summed E-state index contributed by atoms with van der Waals surface area (Å²) in [5.41, 5.74) is 1.68. The maximum Gasteiger partial charge on any atom is 0.257 e. The summed E-state index contributed by atoms with van der Waals surface area (Å²) < 4.78 is 42.6. The molecule has 0 spiro atoms. The summed E-state index contributed by atoms with van der Waals surface area (Å²) in [7, 11) is -3.67. The van der Waals surface area contributed by atoms with Crippen molar-refractivity contribution in [3.63, 3.8) is 0 Å². The Labute approximate surface area is 243 Å². The van der Waals surface area contributed by atoms with Gasteiger partial charge in [0.1, 0.15) is 30.5 Å². The van der Waals surface area contributed by atoms with Crippen LogP contribution in [0.2, 0.25) is 0 Å². The van der Waals surface area contributed by atoms with Crippen LogP contribution < -0.4 is 25.0 Å². The van der Waals surface area contributed by atoms with Gasteiger partial charge in [0, 0.05) is 55.8 Å². The number of carbonyl (C=O) groups is 1. The zero-order chi connectivity index (χ0) is 30.1. The van der Waals surface area contributed by atoms with E-state index in [0.29, 0.717) is 60.4 Å². The van der Waals surface area contributed by atoms with Crippen molar-refractivity contribution in [3.05, 3.63) is 36.5 Å². The lowest BCUT2D eigenvalue weighted by molar-refractivity contribution is -0.114. The standard InChI is InChI=1S/C28H31N7O6S/c1-17(36)31-24-13-22(20(14-30-24)21-5-6-23-27(33-21)40-16-28(2,3)41-23)32-25-11-18(12-26(34-25)42(4,37)38)35-9-7-19(15-35)39-10-8-29/h5-6,11-14,19H,7,9-10,15-16H2,1-4H3,(H2,30,31,32,34,36). The fourth-order valence-corrected chi connectivity index (χ4v) is 5.26. The highest BCUT2D eigenvalue weighted by Gasteiger charge is 2.30. The first-order chi connectivity index (χ1) is 19.9. The third kappa shape index (κ3) is 6.69. The molecule has 1 unspecified atom stereocenters. The number of fused-ring (bicyclic) bond motifs is 1. The van der Waals surface area contributed by atoms with E-state index in [0.717, 1.165) is 6.26 Å². The number of carbonyl (C=O) groups excluding carboxylic acids is 1. The van der Waals surface area contributed by atoms with Crippen molar-refractivity contribution in [1.82, 2.24) is 15.0 Å². The number of rotatable bonds is 8. The van der Waals surface area contributed by atoms with Crippen molar-refractivity contribution >= 4 is 38.8 Å². The van der Waals surface area contributed by atoms with Crippen LogP contribution in [0, 0.1) is 11.3 Å². The summed E-state index contributed by atoms with van der Waals surface area (Å²) in [6, 6.07) is 10.4. The molecule has 0 aromatic carbocycles. The Morgan fingerprint density at radius 2 is 2.05 bits per heavy atom. The highest BCUT2D eigenvalue weighted by Crippen LogP contribution is 2.38. The highest BCUT2D eigenvalue weighted by atomic mass is 32.2. The Morgan fingerprint density at radius 1 is 1.24 bits per heavy atom. The van der Waals surface area contributed by atoms with Gasteiger partial charge < -0.3 is 29.7 Å². The van der Waals surface area contributed by atoms with Crippen LogP contribution in [0.4, 0.5) is 23.0 Å². The Bertz CT molecular complexity index is 1670. The molecular formula is C28H31N7O6S. The molecule has 3 aromatic rings. The molecular weight excluding hydrogens is 562 g/mol. The molecule has 2 aliphatic heterocycles. The highest BCUT2D eigenvalue weighted by molar-refractivity contribution is 7.90. The van der Waals surface area contributed by atoms with Gasteiger partial charge in [0.05, 0.1) is 23.6 Å². The van der Waals surface area contributed by atoms with Gasteiger partial charge in [0.25, 0.3) is 5.88 Å². The molecule has 0 saturated carbocycles. The van der Waals surface area contributed by atoms with E-state index in [1.54, 1.807) is 30.5 Å². The molecule has 1 saturated heterocycles. The van der Waals surface area contributed by atoms with Crippen LogP contribution in [-0.2, 0) is 19.4 Å². The van der Waals surface area contributed by atoms with E-state index in [-0.39, 0.29) is 35.3 Å². The fraction of sp³-hybridized carbons (Fsp3) is 0.393. The number of ether oxygens (including phenoxy) is 3. The molecule has 42 heavy (non-hydrogen) atoms. The van der Waals surface area contributed by atoms with E-state index in [1.165, 1.54) is 13.0 Å². The first-order valence-corrected chi connectivity index (χ1v) is 15.1. The van der Waals surface area contributed by atoms with Crippen LogP contribution in [0.5, 0.6) is 11.6 Å². The van der Waals surface area contributed by atoms with Gasteiger partial charge in [-0.25, -0.2) is 23.4 Å². The molecule has 2 aliphatic rings. The van der Waals surface area contributed by atoms with Gasteiger partial charge >= 0.3 is 0 Å².